The molecular formula is C17H15ClF3NO6S. The molecule has 0 aliphatic heterocycles. The van der Waals surface area contributed by atoms with E-state index in [4.69, 9.17) is 21.1 Å². The Kier molecular flexibility index (Phi) is 6.53. The first-order valence-electron chi connectivity index (χ1n) is 7.68. The van der Waals surface area contributed by atoms with Crippen LogP contribution in [0.25, 0.3) is 0 Å². The van der Waals surface area contributed by atoms with Crippen molar-refractivity contribution in [2.24, 2.45) is 0 Å². The van der Waals surface area contributed by atoms with E-state index in [1.165, 1.54) is 14.2 Å². The third kappa shape index (κ3) is 4.85. The van der Waals surface area contributed by atoms with Crippen molar-refractivity contribution in [1.82, 2.24) is 0 Å². The topological polar surface area (TPSA) is 90.9 Å². The molecule has 0 saturated carbocycles. The van der Waals surface area contributed by atoms with E-state index in [0.29, 0.717) is 12.1 Å². The molecule has 0 spiro atoms. The maximum Gasteiger partial charge on any atom is 0.417 e. The van der Waals surface area contributed by atoms with E-state index in [1.807, 2.05) is 4.72 Å². The molecule has 0 bridgehead atoms. The summed E-state index contributed by atoms with van der Waals surface area (Å²) >= 11 is 5.58. The molecule has 2 aromatic carbocycles. The number of ether oxygens (including phenoxy) is 3. The summed E-state index contributed by atoms with van der Waals surface area (Å²) in [5.41, 5.74) is -2.12. The van der Waals surface area contributed by atoms with Crippen molar-refractivity contribution in [2.45, 2.75) is 11.1 Å². The zero-order valence-electron chi connectivity index (χ0n) is 15.3. The normalized spacial score (nSPS) is 11.7. The van der Waals surface area contributed by atoms with Gasteiger partial charge in [-0.3, -0.25) is 4.72 Å². The Morgan fingerprint density at radius 1 is 1.03 bits per heavy atom. The van der Waals surface area contributed by atoms with Crippen molar-refractivity contribution >= 4 is 33.3 Å². The second kappa shape index (κ2) is 8.37. The first-order chi connectivity index (χ1) is 13.4. The molecule has 12 heteroatoms. The summed E-state index contributed by atoms with van der Waals surface area (Å²) in [4.78, 5) is 11.0. The summed E-state index contributed by atoms with van der Waals surface area (Å²) in [5.74, 6) is -0.834. The molecular weight excluding hydrogens is 439 g/mol. The predicted molar refractivity (Wildman–Crippen MR) is 98.1 cm³/mol. The molecule has 0 aliphatic carbocycles. The number of halogens is 4. The van der Waals surface area contributed by atoms with E-state index in [9.17, 15) is 26.4 Å². The average Bonchev–Trinajstić information content (AvgIpc) is 2.65. The Hall–Kier alpha value is -2.66. The Balaban J connectivity index is 2.66. The second-order valence-electron chi connectivity index (χ2n) is 5.49. The highest BCUT2D eigenvalue weighted by Crippen LogP contribution is 2.38. The maximum atomic E-state index is 13.3. The van der Waals surface area contributed by atoms with Crippen LogP contribution in [0.4, 0.5) is 18.9 Å². The van der Waals surface area contributed by atoms with Crippen LogP contribution in [-0.4, -0.2) is 35.7 Å². The maximum absolute atomic E-state index is 13.3. The molecule has 7 nitrogen and oxygen atoms in total. The van der Waals surface area contributed by atoms with Crippen LogP contribution in [0.3, 0.4) is 0 Å². The summed E-state index contributed by atoms with van der Waals surface area (Å²) in [7, 11) is -1.19. The van der Waals surface area contributed by atoms with Gasteiger partial charge in [0.15, 0.2) is 11.5 Å². The van der Waals surface area contributed by atoms with Crippen LogP contribution >= 0.6 is 11.6 Å². The number of anilines is 1. The van der Waals surface area contributed by atoms with Crippen molar-refractivity contribution in [1.29, 1.82) is 0 Å². The van der Waals surface area contributed by atoms with Gasteiger partial charge in [0, 0.05) is 17.2 Å². The Morgan fingerprint density at radius 3 is 2.14 bits per heavy atom. The highest BCUT2D eigenvalue weighted by Gasteiger charge is 2.38. The number of rotatable bonds is 6. The van der Waals surface area contributed by atoms with Crippen molar-refractivity contribution in [3.05, 3.63) is 46.5 Å². The number of benzene rings is 2. The molecule has 2 aromatic rings. The number of carbonyl (C=O) groups excluding carboxylic acids is 1. The number of hydrogen-bond acceptors (Lipinski definition) is 6. The van der Waals surface area contributed by atoms with Gasteiger partial charge in [-0.1, -0.05) is 11.6 Å². The molecule has 158 valence electrons. The van der Waals surface area contributed by atoms with Crippen molar-refractivity contribution in [2.75, 3.05) is 26.1 Å². The van der Waals surface area contributed by atoms with Gasteiger partial charge in [0.25, 0.3) is 10.0 Å². The zero-order chi connectivity index (χ0) is 22.0. The van der Waals surface area contributed by atoms with Crippen LogP contribution in [0.1, 0.15) is 15.9 Å². The monoisotopic (exact) mass is 453 g/mol. The van der Waals surface area contributed by atoms with Crippen molar-refractivity contribution in [3.63, 3.8) is 0 Å². The smallest absolute Gasteiger partial charge is 0.417 e. The SMILES string of the molecule is COC(=O)c1cc(OC)c(OC)cc1NS(=O)(=O)c1ccc(Cl)cc1C(F)(F)F. The van der Waals surface area contributed by atoms with Gasteiger partial charge in [0.05, 0.1) is 43.0 Å². The number of nitrogens with one attached hydrogen (secondary N) is 1. The number of hydrogen-bond donors (Lipinski definition) is 1. The molecule has 0 amide bonds. The molecule has 29 heavy (non-hydrogen) atoms. The summed E-state index contributed by atoms with van der Waals surface area (Å²) in [6.45, 7) is 0. The lowest BCUT2D eigenvalue weighted by atomic mass is 10.1. The van der Waals surface area contributed by atoms with E-state index in [-0.39, 0.29) is 27.8 Å². The third-order valence-corrected chi connectivity index (χ3v) is 5.37. The first kappa shape index (κ1) is 22.6. The van der Waals surface area contributed by atoms with Crippen LogP contribution in [0.2, 0.25) is 5.02 Å². The highest BCUT2D eigenvalue weighted by molar-refractivity contribution is 7.92. The van der Waals surface area contributed by atoms with Gasteiger partial charge in [-0.05, 0) is 18.2 Å². The van der Waals surface area contributed by atoms with E-state index in [2.05, 4.69) is 4.74 Å². The molecule has 0 saturated heterocycles. The number of alkyl halides is 3. The van der Waals surface area contributed by atoms with Crippen LogP contribution in [-0.2, 0) is 20.9 Å². The third-order valence-electron chi connectivity index (χ3n) is 3.71. The minimum atomic E-state index is -4.99. The van der Waals surface area contributed by atoms with E-state index in [1.54, 1.807) is 0 Å². The van der Waals surface area contributed by atoms with Crippen LogP contribution in [0.15, 0.2) is 35.2 Å². The summed E-state index contributed by atoms with van der Waals surface area (Å²) < 4.78 is 82.0. The molecule has 0 unspecified atom stereocenters. The van der Waals surface area contributed by atoms with Gasteiger partial charge < -0.3 is 14.2 Å². The molecule has 0 fully saturated rings. The lowest BCUT2D eigenvalue weighted by Gasteiger charge is -2.17. The van der Waals surface area contributed by atoms with E-state index < -0.39 is 32.6 Å². The summed E-state index contributed by atoms with van der Waals surface area (Å²) in [6, 6.07) is 4.43. The van der Waals surface area contributed by atoms with Gasteiger partial charge in [0.1, 0.15) is 0 Å². The summed E-state index contributed by atoms with van der Waals surface area (Å²) in [5, 5.41) is -0.294. The second-order valence-corrected chi connectivity index (χ2v) is 7.58. The van der Waals surface area contributed by atoms with Gasteiger partial charge in [-0.15, -0.1) is 0 Å². The quantitative estimate of drug-likeness (QED) is 0.666. The fourth-order valence-corrected chi connectivity index (χ4v) is 3.85. The van der Waals surface area contributed by atoms with Crippen LogP contribution < -0.4 is 14.2 Å². The number of sulfonamides is 1. The Morgan fingerprint density at radius 2 is 1.62 bits per heavy atom. The number of esters is 1. The minimum absolute atomic E-state index is 0.0324. The van der Waals surface area contributed by atoms with E-state index >= 15 is 0 Å². The van der Waals surface area contributed by atoms with Gasteiger partial charge in [0.2, 0.25) is 0 Å². The van der Waals surface area contributed by atoms with Crippen molar-refractivity contribution < 1.29 is 40.6 Å². The highest BCUT2D eigenvalue weighted by atomic mass is 35.5. The lowest BCUT2D eigenvalue weighted by molar-refractivity contribution is -0.139. The van der Waals surface area contributed by atoms with Crippen LogP contribution in [0, 0.1) is 0 Å². The Bertz CT molecular complexity index is 1040. The molecule has 0 radical (unpaired) electrons. The lowest BCUT2D eigenvalue weighted by Crippen LogP contribution is -2.20. The molecule has 0 heterocycles. The largest absolute Gasteiger partial charge is 0.493 e. The summed E-state index contributed by atoms with van der Waals surface area (Å²) in [6.07, 6.45) is -4.99. The number of methoxy groups -OCH3 is 3. The minimum Gasteiger partial charge on any atom is -0.493 e. The van der Waals surface area contributed by atoms with Crippen molar-refractivity contribution in [3.8, 4) is 11.5 Å². The standard InChI is InChI=1S/C17H15ClF3NO6S/c1-26-13-7-10(16(23)28-3)12(8-14(13)27-2)22-29(24,25)15-5-4-9(18)6-11(15)17(19,20)21/h4-8,22H,1-3H3. The Labute approximate surface area is 169 Å². The molecule has 2 rings (SSSR count). The zero-order valence-corrected chi connectivity index (χ0v) is 16.8. The molecule has 0 atom stereocenters. The first-order valence-corrected chi connectivity index (χ1v) is 9.54. The molecule has 1 N–H and O–H groups in total. The number of carbonyl (C=O) groups is 1. The van der Waals surface area contributed by atoms with Gasteiger partial charge in [-0.2, -0.15) is 13.2 Å². The van der Waals surface area contributed by atoms with Crippen LogP contribution in [0.5, 0.6) is 11.5 Å². The van der Waals surface area contributed by atoms with E-state index in [0.717, 1.165) is 25.3 Å². The fraction of sp³-hybridized carbons (Fsp3) is 0.235. The average molecular weight is 454 g/mol. The molecule has 0 aliphatic rings. The van der Waals surface area contributed by atoms with Gasteiger partial charge >= 0.3 is 12.1 Å². The predicted octanol–water partition coefficient (Wildman–Crippen LogP) is 3.96. The van der Waals surface area contributed by atoms with Gasteiger partial charge in [-0.25, -0.2) is 13.2 Å². The molecule has 0 aromatic heterocycles. The fourth-order valence-electron chi connectivity index (χ4n) is 2.40.